The lowest BCUT2D eigenvalue weighted by Crippen LogP contribution is -2.41. The molecular weight excluding hydrogens is 353 g/mol. The minimum atomic E-state index is -0.517. The number of hydrogen-bond donors (Lipinski definition) is 1. The lowest BCUT2D eigenvalue weighted by atomic mass is 9.78. The Morgan fingerprint density at radius 2 is 1.80 bits per heavy atom. The van der Waals surface area contributed by atoms with Gasteiger partial charge in [0.25, 0.3) is 0 Å². The van der Waals surface area contributed by atoms with Crippen molar-refractivity contribution in [2.75, 3.05) is 5.75 Å². The van der Waals surface area contributed by atoms with Crippen LogP contribution in [0.4, 0.5) is 0 Å². The lowest BCUT2D eigenvalue weighted by Gasteiger charge is -2.32. The molecule has 25 heavy (non-hydrogen) atoms. The molecule has 1 heterocycles. The predicted octanol–water partition coefficient (Wildman–Crippen LogP) is 3.62. The largest absolute Gasteiger partial charge is 0.491 e. The van der Waals surface area contributed by atoms with Crippen LogP contribution in [0, 0.1) is 0 Å². The van der Waals surface area contributed by atoms with E-state index < -0.39 is 18.3 Å². The van der Waals surface area contributed by atoms with Gasteiger partial charge in [-0.3, -0.25) is 4.79 Å². The molecule has 0 radical (unpaired) electrons. The van der Waals surface area contributed by atoms with E-state index in [0.717, 1.165) is 16.6 Å². The average molecular weight is 377 g/mol. The Morgan fingerprint density at radius 3 is 2.32 bits per heavy atom. The van der Waals surface area contributed by atoms with E-state index in [2.05, 4.69) is 0 Å². The molecule has 134 valence electrons. The van der Waals surface area contributed by atoms with Crippen LogP contribution in [0.1, 0.15) is 45.7 Å². The first-order valence-corrected chi connectivity index (χ1v) is 9.51. The van der Waals surface area contributed by atoms with Crippen molar-refractivity contribution in [3.63, 3.8) is 0 Å². The molecule has 0 bridgehead atoms. The first-order chi connectivity index (χ1) is 11.5. The molecule has 0 saturated carbocycles. The van der Waals surface area contributed by atoms with Gasteiger partial charge in [-0.05, 0) is 38.7 Å². The van der Waals surface area contributed by atoms with Gasteiger partial charge < -0.3 is 15.0 Å². The van der Waals surface area contributed by atoms with Gasteiger partial charge in [-0.1, -0.05) is 54.3 Å². The predicted molar refractivity (Wildman–Crippen MR) is 110 cm³/mol. The van der Waals surface area contributed by atoms with Crippen LogP contribution in [0.2, 0.25) is 0 Å². The molecule has 0 amide bonds. The quantitative estimate of drug-likeness (QED) is 0.625. The van der Waals surface area contributed by atoms with Gasteiger partial charge in [0.1, 0.15) is 4.99 Å². The second kappa shape index (κ2) is 7.62. The Kier molecular flexibility index (Phi) is 6.15. The first-order valence-electron chi connectivity index (χ1n) is 8.12. The maximum atomic E-state index is 11.5. The molecule has 1 aliphatic rings. The van der Waals surface area contributed by atoms with Crippen LogP contribution in [-0.2, 0) is 14.1 Å². The van der Waals surface area contributed by atoms with Gasteiger partial charge in [-0.15, -0.1) is 0 Å². The molecule has 0 atom stereocenters. The second-order valence-electron chi connectivity index (χ2n) is 7.04. The zero-order valence-electron chi connectivity index (χ0n) is 15.3. The van der Waals surface area contributed by atoms with E-state index in [1.807, 2.05) is 58.0 Å². The molecule has 2 rings (SSSR count). The summed E-state index contributed by atoms with van der Waals surface area (Å²) >= 11 is 6.37. The minimum absolute atomic E-state index is 0.0463. The van der Waals surface area contributed by atoms with Crippen molar-refractivity contribution in [2.45, 2.75) is 45.8 Å². The van der Waals surface area contributed by atoms with Crippen LogP contribution in [-0.4, -0.2) is 34.2 Å². The molecule has 1 saturated heterocycles. The van der Waals surface area contributed by atoms with E-state index in [9.17, 15) is 4.79 Å². The molecule has 0 spiro atoms. The van der Waals surface area contributed by atoms with Crippen LogP contribution in [0.3, 0.4) is 0 Å². The molecule has 1 fully saturated rings. The van der Waals surface area contributed by atoms with Crippen LogP contribution in [0.5, 0.6) is 0 Å². The topological polar surface area (TPSA) is 61.6 Å². The summed E-state index contributed by atoms with van der Waals surface area (Å²) in [6, 6.07) is 7.64. The molecule has 1 aliphatic heterocycles. The Labute approximate surface area is 159 Å². The van der Waals surface area contributed by atoms with Crippen molar-refractivity contribution in [1.82, 2.24) is 0 Å². The number of carbonyl (C=O) groups is 1. The highest BCUT2D eigenvalue weighted by Crippen LogP contribution is 2.39. The number of rotatable bonds is 5. The number of hydrogen-bond acceptors (Lipinski definition) is 5. The summed E-state index contributed by atoms with van der Waals surface area (Å²) in [5.41, 5.74) is 7.51. The van der Waals surface area contributed by atoms with Gasteiger partial charge in [0.15, 0.2) is 5.12 Å². The zero-order valence-corrected chi connectivity index (χ0v) is 16.9. The number of carbonyl (C=O) groups excluding carboxylic acids is 1. The van der Waals surface area contributed by atoms with Gasteiger partial charge in [-0.2, -0.15) is 0 Å². The number of nitrogens with two attached hydrogens (primary N) is 1. The molecule has 0 aromatic heterocycles. The van der Waals surface area contributed by atoms with E-state index in [0.29, 0.717) is 10.7 Å². The van der Waals surface area contributed by atoms with Crippen LogP contribution in [0.15, 0.2) is 29.7 Å². The summed E-state index contributed by atoms with van der Waals surface area (Å²) in [6.45, 7) is 9.57. The van der Waals surface area contributed by atoms with Crippen LogP contribution in [0.25, 0.3) is 6.08 Å². The van der Waals surface area contributed by atoms with Gasteiger partial charge in [0.2, 0.25) is 0 Å². The van der Waals surface area contributed by atoms with Crippen molar-refractivity contribution in [3.8, 4) is 0 Å². The molecule has 4 nitrogen and oxygen atoms in total. The summed E-state index contributed by atoms with van der Waals surface area (Å²) in [5.74, 6) is 0.484. The van der Waals surface area contributed by atoms with E-state index >= 15 is 0 Å². The number of thioether (sulfide) groups is 1. The highest BCUT2D eigenvalue weighted by Gasteiger charge is 2.52. The van der Waals surface area contributed by atoms with E-state index in [1.54, 1.807) is 6.92 Å². The summed E-state index contributed by atoms with van der Waals surface area (Å²) < 4.78 is 12.3. The van der Waals surface area contributed by atoms with E-state index in [1.165, 1.54) is 11.8 Å². The van der Waals surface area contributed by atoms with Crippen LogP contribution >= 0.6 is 24.0 Å². The fourth-order valence-corrected chi connectivity index (χ4v) is 3.18. The molecule has 0 unspecified atom stereocenters. The number of benzene rings is 1. The molecule has 1 aromatic carbocycles. The van der Waals surface area contributed by atoms with Crippen molar-refractivity contribution < 1.29 is 14.1 Å². The minimum Gasteiger partial charge on any atom is -0.400 e. The van der Waals surface area contributed by atoms with Crippen molar-refractivity contribution in [3.05, 3.63) is 40.9 Å². The highest BCUT2D eigenvalue weighted by atomic mass is 32.2. The van der Waals surface area contributed by atoms with E-state index in [-0.39, 0.29) is 5.12 Å². The number of thiocarbonyl (C=S) groups is 1. The Bertz CT molecular complexity index is 700. The Hall–Kier alpha value is -1.15. The molecule has 2 N–H and O–H groups in total. The van der Waals surface area contributed by atoms with Crippen molar-refractivity contribution in [2.24, 2.45) is 5.73 Å². The third-order valence-electron chi connectivity index (χ3n) is 4.57. The fourth-order valence-electron chi connectivity index (χ4n) is 2.40. The van der Waals surface area contributed by atoms with Gasteiger partial charge in [-0.25, -0.2) is 0 Å². The van der Waals surface area contributed by atoms with Gasteiger partial charge in [0.05, 0.1) is 11.2 Å². The normalized spacial score (nSPS) is 19.1. The third-order valence-corrected chi connectivity index (χ3v) is 5.67. The lowest BCUT2D eigenvalue weighted by molar-refractivity contribution is -0.109. The third kappa shape index (κ3) is 4.73. The zero-order chi connectivity index (χ0) is 18.8. The van der Waals surface area contributed by atoms with E-state index in [4.69, 9.17) is 27.3 Å². The van der Waals surface area contributed by atoms with Crippen molar-refractivity contribution in [1.29, 1.82) is 0 Å². The Morgan fingerprint density at radius 1 is 1.24 bits per heavy atom. The van der Waals surface area contributed by atoms with Gasteiger partial charge in [0, 0.05) is 18.2 Å². The molecule has 0 aliphatic carbocycles. The van der Waals surface area contributed by atoms with Crippen molar-refractivity contribution >= 4 is 47.3 Å². The van der Waals surface area contributed by atoms with Crippen LogP contribution < -0.4 is 5.73 Å². The molecule has 7 heteroatoms. The fraction of sp³-hybridized carbons (Fsp3) is 0.444. The summed E-state index contributed by atoms with van der Waals surface area (Å²) in [5, 5.41) is 0.0463. The first kappa shape index (κ1) is 20.2. The summed E-state index contributed by atoms with van der Waals surface area (Å²) in [7, 11) is -0.517. The smallest absolute Gasteiger partial charge is 0.400 e. The maximum Gasteiger partial charge on any atom is 0.491 e. The SMILES string of the molecule is CC(=O)SCC(=Cc1ccccc1C(N)=S)B1OC(C)(C)C(C)(C)O1. The molecular formula is C18H24BNO3S2. The standard InChI is InChI=1S/C18H24BNO3S2/c1-12(21)25-11-14(19-22-17(2,3)18(4,5)23-19)10-13-8-6-7-9-15(13)16(20)24/h6-10H,11H2,1-5H3,(H2,20,24). The molecule has 1 aromatic rings. The second-order valence-corrected chi connectivity index (χ2v) is 8.63. The maximum absolute atomic E-state index is 11.5. The summed E-state index contributed by atoms with van der Waals surface area (Å²) in [4.78, 5) is 11.8. The monoisotopic (exact) mass is 377 g/mol. The summed E-state index contributed by atoms with van der Waals surface area (Å²) in [6.07, 6.45) is 1.96. The van der Waals surface area contributed by atoms with Gasteiger partial charge >= 0.3 is 7.12 Å². The highest BCUT2D eigenvalue weighted by molar-refractivity contribution is 8.13. The Balaban J connectivity index is 2.41. The average Bonchev–Trinajstić information content (AvgIpc) is 2.71.